The molecule has 2 aromatic heterocycles. The van der Waals surface area contributed by atoms with Crippen LogP contribution in [0.1, 0.15) is 5.56 Å². The third kappa shape index (κ3) is 1.94. The first kappa shape index (κ1) is 12.0. The first-order valence-corrected chi connectivity index (χ1v) is 6.21. The number of halogens is 1. The van der Waals surface area contributed by atoms with Gasteiger partial charge in [0.2, 0.25) is 0 Å². The van der Waals surface area contributed by atoms with E-state index in [-0.39, 0.29) is 0 Å². The van der Waals surface area contributed by atoms with Gasteiger partial charge in [0.15, 0.2) is 5.15 Å². The smallest absolute Gasteiger partial charge is 0.157 e. The minimum Gasteiger partial charge on any atom is -0.497 e. The molecule has 3 aromatic rings. The molecule has 0 saturated carbocycles. The predicted molar refractivity (Wildman–Crippen MR) is 75.2 cm³/mol. The van der Waals surface area contributed by atoms with Gasteiger partial charge in [0.05, 0.1) is 12.6 Å². The summed E-state index contributed by atoms with van der Waals surface area (Å²) in [5.41, 5.74) is 3.76. The summed E-state index contributed by atoms with van der Waals surface area (Å²) in [4.78, 5) is 8.33. The van der Waals surface area contributed by atoms with Crippen molar-refractivity contribution in [2.45, 2.75) is 6.92 Å². The van der Waals surface area contributed by atoms with Gasteiger partial charge >= 0.3 is 0 Å². The Morgan fingerprint density at radius 1 is 1.16 bits per heavy atom. The highest BCUT2D eigenvalue weighted by Crippen LogP contribution is 2.27. The van der Waals surface area contributed by atoms with Crippen molar-refractivity contribution in [3.05, 3.63) is 47.5 Å². The zero-order valence-corrected chi connectivity index (χ0v) is 11.3. The highest BCUT2D eigenvalue weighted by atomic mass is 35.5. The maximum Gasteiger partial charge on any atom is 0.157 e. The second-order valence-corrected chi connectivity index (χ2v) is 4.60. The van der Waals surface area contributed by atoms with Crippen LogP contribution in [0, 0.1) is 6.92 Å². The van der Waals surface area contributed by atoms with Crippen LogP contribution >= 0.6 is 11.6 Å². The third-order valence-corrected chi connectivity index (χ3v) is 3.34. The summed E-state index contributed by atoms with van der Waals surface area (Å²) < 4.78 is 7.15. The van der Waals surface area contributed by atoms with E-state index in [1.54, 1.807) is 7.11 Å². The first-order chi connectivity index (χ1) is 9.20. The fourth-order valence-electron chi connectivity index (χ4n) is 2.13. The molecule has 0 unspecified atom stereocenters. The zero-order chi connectivity index (χ0) is 13.4. The molecule has 5 heteroatoms. The van der Waals surface area contributed by atoms with E-state index in [4.69, 9.17) is 16.3 Å². The summed E-state index contributed by atoms with van der Waals surface area (Å²) >= 11 is 6.19. The van der Waals surface area contributed by atoms with Crippen molar-refractivity contribution >= 4 is 22.6 Å². The lowest BCUT2D eigenvalue weighted by atomic mass is 10.3. The third-order valence-electron chi connectivity index (χ3n) is 3.07. The largest absolute Gasteiger partial charge is 0.497 e. The number of ether oxygens (including phenoxy) is 1. The Balaban J connectivity index is 2.24. The lowest BCUT2D eigenvalue weighted by Crippen LogP contribution is -1.94. The van der Waals surface area contributed by atoms with Gasteiger partial charge < -0.3 is 9.30 Å². The van der Waals surface area contributed by atoms with Crippen LogP contribution in [0.2, 0.25) is 5.15 Å². The molecular formula is C14H12ClN3O. The summed E-state index contributed by atoms with van der Waals surface area (Å²) in [6.45, 7) is 2.01. The SMILES string of the molecule is COc1ccc(-n2cc(C)c3ncnc(Cl)c32)cc1. The van der Waals surface area contributed by atoms with E-state index in [0.717, 1.165) is 28.0 Å². The van der Waals surface area contributed by atoms with Gasteiger partial charge in [0.25, 0.3) is 0 Å². The van der Waals surface area contributed by atoms with Crippen molar-refractivity contribution in [3.8, 4) is 11.4 Å². The van der Waals surface area contributed by atoms with Crippen molar-refractivity contribution in [1.29, 1.82) is 0 Å². The summed E-state index contributed by atoms with van der Waals surface area (Å²) in [5, 5.41) is 0.453. The molecule has 0 amide bonds. The van der Waals surface area contributed by atoms with Crippen LogP contribution in [0.5, 0.6) is 5.75 Å². The Labute approximate surface area is 115 Å². The van der Waals surface area contributed by atoms with Gasteiger partial charge in [-0.3, -0.25) is 0 Å². The molecule has 19 heavy (non-hydrogen) atoms. The number of methoxy groups -OCH3 is 1. The van der Waals surface area contributed by atoms with Crippen LogP contribution < -0.4 is 4.74 Å². The molecule has 0 atom stereocenters. The van der Waals surface area contributed by atoms with Gasteiger partial charge in [-0.15, -0.1) is 0 Å². The molecule has 3 rings (SSSR count). The number of aromatic nitrogens is 3. The lowest BCUT2D eigenvalue weighted by Gasteiger charge is -2.07. The van der Waals surface area contributed by atoms with Crippen molar-refractivity contribution in [2.24, 2.45) is 0 Å². The van der Waals surface area contributed by atoms with Crippen molar-refractivity contribution in [3.63, 3.8) is 0 Å². The minimum absolute atomic E-state index is 0.453. The Morgan fingerprint density at radius 2 is 1.89 bits per heavy atom. The summed E-state index contributed by atoms with van der Waals surface area (Å²) in [6, 6.07) is 7.77. The lowest BCUT2D eigenvalue weighted by molar-refractivity contribution is 0.415. The monoisotopic (exact) mass is 273 g/mol. The van der Waals surface area contributed by atoms with Gasteiger partial charge in [0, 0.05) is 11.9 Å². The molecule has 0 fully saturated rings. The fourth-order valence-corrected chi connectivity index (χ4v) is 2.35. The first-order valence-electron chi connectivity index (χ1n) is 5.83. The van der Waals surface area contributed by atoms with E-state index in [9.17, 15) is 0 Å². The zero-order valence-electron chi connectivity index (χ0n) is 10.6. The number of fused-ring (bicyclic) bond motifs is 1. The number of aryl methyl sites for hydroxylation is 1. The minimum atomic E-state index is 0.453. The number of benzene rings is 1. The Morgan fingerprint density at radius 3 is 2.58 bits per heavy atom. The van der Waals surface area contributed by atoms with E-state index in [2.05, 4.69) is 9.97 Å². The standard InChI is InChI=1S/C14H12ClN3O/c1-9-7-18(10-3-5-11(19-2)6-4-10)13-12(9)16-8-17-14(13)15/h3-8H,1-2H3. The van der Waals surface area contributed by atoms with Crippen LogP contribution in [0.3, 0.4) is 0 Å². The molecule has 96 valence electrons. The quantitative estimate of drug-likeness (QED) is 0.672. The maximum atomic E-state index is 6.19. The predicted octanol–water partition coefficient (Wildman–Crippen LogP) is 3.39. The van der Waals surface area contributed by atoms with Gasteiger partial charge in [-0.05, 0) is 36.8 Å². The number of hydrogen-bond acceptors (Lipinski definition) is 3. The molecule has 4 nitrogen and oxygen atoms in total. The second kappa shape index (κ2) is 4.55. The maximum absolute atomic E-state index is 6.19. The number of rotatable bonds is 2. The summed E-state index contributed by atoms with van der Waals surface area (Å²) in [5.74, 6) is 0.819. The van der Waals surface area contributed by atoms with Crippen LogP contribution in [-0.2, 0) is 0 Å². The Hall–Kier alpha value is -2.07. The van der Waals surface area contributed by atoms with Gasteiger partial charge in [-0.1, -0.05) is 11.6 Å². The van der Waals surface area contributed by atoms with Crippen LogP contribution in [-0.4, -0.2) is 21.6 Å². The van der Waals surface area contributed by atoms with Crippen LogP contribution in [0.4, 0.5) is 0 Å². The summed E-state index contributed by atoms with van der Waals surface area (Å²) in [7, 11) is 1.65. The van der Waals surface area contributed by atoms with E-state index >= 15 is 0 Å². The molecule has 0 N–H and O–H groups in total. The number of nitrogens with zero attached hydrogens (tertiary/aromatic N) is 3. The topological polar surface area (TPSA) is 39.9 Å². The molecule has 0 spiro atoms. The molecule has 1 aromatic carbocycles. The molecule has 0 aliphatic heterocycles. The molecule has 0 bridgehead atoms. The van der Waals surface area contributed by atoms with E-state index in [1.807, 2.05) is 42.0 Å². The van der Waals surface area contributed by atoms with E-state index in [0.29, 0.717) is 5.15 Å². The second-order valence-electron chi connectivity index (χ2n) is 4.24. The Bertz CT molecular complexity index is 734. The van der Waals surface area contributed by atoms with Crippen LogP contribution in [0.15, 0.2) is 36.8 Å². The van der Waals surface area contributed by atoms with Crippen molar-refractivity contribution < 1.29 is 4.74 Å². The van der Waals surface area contributed by atoms with Gasteiger partial charge in [-0.2, -0.15) is 0 Å². The highest BCUT2D eigenvalue weighted by molar-refractivity contribution is 6.33. The van der Waals surface area contributed by atoms with E-state index < -0.39 is 0 Å². The van der Waals surface area contributed by atoms with Gasteiger partial charge in [0.1, 0.15) is 17.6 Å². The van der Waals surface area contributed by atoms with Crippen LogP contribution in [0.25, 0.3) is 16.7 Å². The number of hydrogen-bond donors (Lipinski definition) is 0. The van der Waals surface area contributed by atoms with Crippen molar-refractivity contribution in [2.75, 3.05) is 7.11 Å². The molecule has 2 heterocycles. The molecule has 0 aliphatic carbocycles. The highest BCUT2D eigenvalue weighted by Gasteiger charge is 2.12. The molecule has 0 saturated heterocycles. The van der Waals surface area contributed by atoms with E-state index in [1.165, 1.54) is 6.33 Å². The van der Waals surface area contributed by atoms with Gasteiger partial charge in [-0.25, -0.2) is 9.97 Å². The molecule has 0 aliphatic rings. The fraction of sp³-hybridized carbons (Fsp3) is 0.143. The Kier molecular flexibility index (Phi) is 2.87. The summed E-state index contributed by atoms with van der Waals surface area (Å²) in [6.07, 6.45) is 3.49. The normalized spacial score (nSPS) is 10.9. The van der Waals surface area contributed by atoms with Crippen molar-refractivity contribution in [1.82, 2.24) is 14.5 Å². The average Bonchev–Trinajstić information content (AvgIpc) is 2.78. The molecule has 0 radical (unpaired) electrons. The molecular weight excluding hydrogens is 262 g/mol. The average molecular weight is 274 g/mol.